The SMILES string of the molecule is C/C=C/CC.CC#CCC.CC#CCC.CC=CCC.CCC.CCC(C)C.CCC(C)C(C)CC.CCC(C)CC(C)C.CCC1(CC)CC1.CCC=C(C)C.CCCC.CCCC(C)(C)CCC.CCCC(C)C.CCCCC.CCCCCC. The van der Waals surface area contributed by atoms with E-state index in [1.807, 2.05) is 41.5 Å². The highest BCUT2D eigenvalue weighted by Gasteiger charge is 2.38. The first-order chi connectivity index (χ1) is 41.0. The third-order valence-electron chi connectivity index (χ3n) is 14.2. The molecule has 0 aromatic rings. The van der Waals surface area contributed by atoms with Crippen LogP contribution >= 0.6 is 0 Å². The van der Waals surface area contributed by atoms with E-state index < -0.39 is 0 Å². The summed E-state index contributed by atoms with van der Waals surface area (Å²) in [6.07, 6.45) is 50.1. The summed E-state index contributed by atoms with van der Waals surface area (Å²) in [5.41, 5.74) is 2.85. The van der Waals surface area contributed by atoms with Gasteiger partial charge < -0.3 is 0 Å². The minimum atomic E-state index is 0.601. The fraction of sp³-hybridized carbons (Fsp3) is 0.885. The molecule has 3 unspecified atom stereocenters. The Hall–Kier alpha value is -1.66. The van der Waals surface area contributed by atoms with E-state index in [2.05, 4.69) is 283 Å². The second kappa shape index (κ2) is 118. The Morgan fingerprint density at radius 1 is 0.425 bits per heavy atom. The fourth-order valence-corrected chi connectivity index (χ4v) is 7.05. The van der Waals surface area contributed by atoms with E-state index in [0.717, 1.165) is 66.6 Å². The molecule has 1 aliphatic rings. The lowest BCUT2D eigenvalue weighted by atomic mass is 9.84. The number of hydrogen-bond donors (Lipinski definition) is 0. The Labute approximate surface area is 565 Å². The molecule has 0 radical (unpaired) electrons. The maximum Gasteiger partial charge on any atom is 0.00601 e. The van der Waals surface area contributed by atoms with Gasteiger partial charge in [0.1, 0.15) is 0 Å². The van der Waals surface area contributed by atoms with Crippen LogP contribution < -0.4 is 0 Å². The summed E-state index contributed by atoms with van der Waals surface area (Å²) < 4.78 is 0. The minimum Gasteiger partial charge on any atom is -0.107 e. The van der Waals surface area contributed by atoms with Crippen molar-refractivity contribution in [3.63, 3.8) is 0 Å². The Morgan fingerprint density at radius 3 is 0.816 bits per heavy atom. The lowest BCUT2D eigenvalue weighted by Gasteiger charge is -2.22. The van der Waals surface area contributed by atoms with Crippen molar-refractivity contribution in [1.82, 2.24) is 0 Å². The van der Waals surface area contributed by atoms with E-state index >= 15 is 0 Å². The van der Waals surface area contributed by atoms with Crippen molar-refractivity contribution in [2.75, 3.05) is 0 Å². The molecule has 1 aliphatic carbocycles. The van der Waals surface area contributed by atoms with Crippen LogP contribution in [0.2, 0.25) is 0 Å². The van der Waals surface area contributed by atoms with Gasteiger partial charge >= 0.3 is 0 Å². The summed E-state index contributed by atoms with van der Waals surface area (Å²) in [4.78, 5) is 0. The number of rotatable bonds is 24. The molecule has 1 fully saturated rings. The predicted octanol–water partition coefficient (Wildman–Crippen LogP) is 34.0. The highest BCUT2D eigenvalue weighted by molar-refractivity contribution is 4.93. The van der Waals surface area contributed by atoms with Crippen LogP contribution in [0, 0.1) is 70.0 Å². The molecule has 1 saturated carbocycles. The van der Waals surface area contributed by atoms with E-state index in [-0.39, 0.29) is 0 Å². The lowest BCUT2D eigenvalue weighted by molar-refractivity contribution is 0.301. The summed E-state index contributed by atoms with van der Waals surface area (Å²) in [5, 5.41) is 0. The van der Waals surface area contributed by atoms with Crippen LogP contribution in [0.3, 0.4) is 0 Å². The average Bonchev–Trinajstić information content (AvgIpc) is 3.53. The molecule has 0 aliphatic heterocycles. The Bertz CT molecular complexity index is 1140. The van der Waals surface area contributed by atoms with Gasteiger partial charge in [-0.05, 0) is 139 Å². The molecule has 0 amide bonds. The Kier molecular flexibility index (Phi) is 162. The van der Waals surface area contributed by atoms with Crippen LogP contribution in [-0.2, 0) is 0 Å². The van der Waals surface area contributed by atoms with Gasteiger partial charge in [-0.25, -0.2) is 0 Å². The maximum absolute atomic E-state index is 2.86. The molecule has 0 saturated heterocycles. The molecule has 3 atom stereocenters. The molecule has 0 nitrogen and oxygen atoms in total. The molecule has 87 heavy (non-hydrogen) atoms. The second-order valence-corrected chi connectivity index (χ2v) is 26.2. The molecule has 0 bridgehead atoms. The molecule has 0 aromatic carbocycles. The molecule has 536 valence electrons. The summed E-state index contributed by atoms with van der Waals surface area (Å²) in [5.74, 6) is 16.7. The number of allylic oxidation sites excluding steroid dienone is 6. The quantitative estimate of drug-likeness (QED) is 0.0513. The highest BCUT2D eigenvalue weighted by Crippen LogP contribution is 2.51. The van der Waals surface area contributed by atoms with Crippen LogP contribution in [0.5, 0.6) is 0 Å². The lowest BCUT2D eigenvalue weighted by Crippen LogP contribution is -2.09. The highest BCUT2D eigenvalue weighted by atomic mass is 14.4. The van der Waals surface area contributed by atoms with Crippen molar-refractivity contribution in [3.8, 4) is 23.7 Å². The van der Waals surface area contributed by atoms with Crippen LogP contribution in [0.1, 0.15) is 463 Å². The van der Waals surface area contributed by atoms with Crippen LogP contribution in [0.4, 0.5) is 0 Å². The minimum absolute atomic E-state index is 0.601. The van der Waals surface area contributed by atoms with Gasteiger partial charge in [-0.3, -0.25) is 0 Å². The molecule has 0 aromatic heterocycles. The summed E-state index contributed by atoms with van der Waals surface area (Å²) >= 11 is 0. The van der Waals surface area contributed by atoms with Crippen molar-refractivity contribution < 1.29 is 0 Å². The first-order valence-electron chi connectivity index (χ1n) is 38.6. The third-order valence-corrected chi connectivity index (χ3v) is 14.2. The van der Waals surface area contributed by atoms with Crippen molar-refractivity contribution in [2.45, 2.75) is 463 Å². The first kappa shape index (κ1) is 119. The van der Waals surface area contributed by atoms with Crippen molar-refractivity contribution in [1.29, 1.82) is 0 Å². The fourth-order valence-electron chi connectivity index (χ4n) is 7.05. The van der Waals surface area contributed by atoms with Gasteiger partial charge in [0.05, 0.1) is 0 Å². The first-order valence-corrected chi connectivity index (χ1v) is 38.6. The molecule has 0 N–H and O–H groups in total. The van der Waals surface area contributed by atoms with Crippen LogP contribution in [0.25, 0.3) is 0 Å². The zero-order chi connectivity index (χ0) is 71.6. The smallest absolute Gasteiger partial charge is 0.00601 e. The van der Waals surface area contributed by atoms with E-state index in [9.17, 15) is 0 Å². The van der Waals surface area contributed by atoms with Crippen LogP contribution in [-0.4, -0.2) is 0 Å². The van der Waals surface area contributed by atoms with Crippen molar-refractivity contribution in [3.05, 3.63) is 36.0 Å². The van der Waals surface area contributed by atoms with Crippen LogP contribution in [0.15, 0.2) is 36.0 Å². The Morgan fingerprint density at radius 2 is 0.759 bits per heavy atom. The van der Waals surface area contributed by atoms with E-state index in [1.54, 1.807) is 0 Å². The number of hydrogen-bond acceptors (Lipinski definition) is 0. The van der Waals surface area contributed by atoms with E-state index in [1.165, 1.54) is 173 Å². The topological polar surface area (TPSA) is 0 Å². The molecular weight excluding hydrogens is 1040 g/mol. The molecule has 0 heteroatoms. The molecule has 0 heterocycles. The second-order valence-electron chi connectivity index (χ2n) is 26.2. The third kappa shape index (κ3) is 201. The molecule has 0 spiro atoms. The van der Waals surface area contributed by atoms with Gasteiger partial charge in [-0.1, -0.05) is 393 Å². The summed E-state index contributed by atoms with van der Waals surface area (Å²) in [6.45, 7) is 85.5. The normalized spacial score (nSPS) is 11.4. The standard InChI is InChI=1S/C9H20.2C8H18.C7H14.C6H14.C6H12.C6H14.2C5H12.2C5H10.2C5H8.C4H10.C3H8/c1-5-7-9(3,4)8-6-2;1-5-8(4)6-7(2)3;1-5-7(3)8(4)6-2;1-3-7(4-2)5-6-7;2*1-4-5-6(2)3;1-3-5-6-4-2;1-4-5(2)3;5*1-3-5-4-2;1-3-4-2;1-3-2/h5-8H2,1-4H3;2*7-8H,5-6H2,1-4H3;3-6H2,1-2H3;6H,4-5H2,1-3H3;5H,4H2,1-3H3;3-6H2,1-2H3;5H,4H2,1-3H3;3-5H2,1-2H3;2*3,5H,4H2,1-2H3;2*3H2,1-2H3;3-4H2,1-2H3;3H2,1-2H3/b;;;;;;;;;5-3+;;;;;. The monoisotopic (exact) mass is 1230 g/mol. The van der Waals surface area contributed by atoms with Crippen molar-refractivity contribution in [2.24, 2.45) is 46.3 Å². The van der Waals surface area contributed by atoms with Gasteiger partial charge in [0, 0.05) is 12.8 Å². The summed E-state index contributed by atoms with van der Waals surface area (Å²) in [6, 6.07) is 0. The van der Waals surface area contributed by atoms with E-state index in [4.69, 9.17) is 0 Å². The Balaban J connectivity index is -0.0000000551. The average molecular weight is 1230 g/mol. The van der Waals surface area contributed by atoms with Gasteiger partial charge in [0.25, 0.3) is 0 Å². The van der Waals surface area contributed by atoms with Gasteiger partial charge in [-0.15, -0.1) is 23.7 Å². The summed E-state index contributed by atoms with van der Waals surface area (Å²) in [7, 11) is 0. The van der Waals surface area contributed by atoms with E-state index in [0.29, 0.717) is 5.41 Å². The zero-order valence-corrected chi connectivity index (χ0v) is 70.1. The molecule has 1 rings (SSSR count). The number of unbranched alkanes of at least 4 members (excludes halogenated alkanes) is 6. The van der Waals surface area contributed by atoms with Gasteiger partial charge in [0.15, 0.2) is 0 Å². The predicted molar refractivity (Wildman–Crippen MR) is 428 cm³/mol. The zero-order valence-electron chi connectivity index (χ0n) is 70.1. The van der Waals surface area contributed by atoms with Crippen molar-refractivity contribution >= 4 is 0 Å². The largest absolute Gasteiger partial charge is 0.107 e. The van der Waals surface area contributed by atoms with Gasteiger partial charge in [0.2, 0.25) is 0 Å². The maximum atomic E-state index is 2.86. The van der Waals surface area contributed by atoms with Gasteiger partial charge in [-0.2, -0.15) is 0 Å². The molecular formula is C87H188.